The molecule has 1 aliphatic carbocycles. The number of anilines is 1. The van der Waals surface area contributed by atoms with Crippen molar-refractivity contribution in [1.82, 2.24) is 5.32 Å². The average Bonchev–Trinajstić information content (AvgIpc) is 3.46. The molecule has 164 valence electrons. The van der Waals surface area contributed by atoms with Gasteiger partial charge in [0.2, 0.25) is 11.8 Å². The zero-order valence-electron chi connectivity index (χ0n) is 17.3. The van der Waals surface area contributed by atoms with Crippen molar-refractivity contribution in [3.05, 3.63) is 23.8 Å². The monoisotopic (exact) mass is 418 g/mol. The van der Waals surface area contributed by atoms with E-state index in [0.29, 0.717) is 31.9 Å². The fourth-order valence-electron chi connectivity index (χ4n) is 4.33. The van der Waals surface area contributed by atoms with E-state index in [-0.39, 0.29) is 43.0 Å². The van der Waals surface area contributed by atoms with Crippen LogP contribution >= 0.6 is 0 Å². The normalized spacial score (nSPS) is 27.0. The van der Waals surface area contributed by atoms with Gasteiger partial charge in [-0.2, -0.15) is 0 Å². The molecule has 0 unspecified atom stereocenters. The van der Waals surface area contributed by atoms with E-state index in [1.54, 1.807) is 7.11 Å². The van der Waals surface area contributed by atoms with Gasteiger partial charge in [0.05, 0.1) is 25.7 Å². The van der Waals surface area contributed by atoms with E-state index in [1.807, 2.05) is 18.2 Å². The first kappa shape index (κ1) is 21.1. The number of hydrogen-bond donors (Lipinski definition) is 3. The lowest BCUT2D eigenvalue weighted by Crippen LogP contribution is -2.47. The fourth-order valence-corrected chi connectivity index (χ4v) is 4.33. The summed E-state index contributed by atoms with van der Waals surface area (Å²) in [6.45, 7) is 0.729. The number of carbonyl (C=O) groups excluding carboxylic acids is 2. The molecule has 2 amide bonds. The van der Waals surface area contributed by atoms with Crippen LogP contribution in [0.3, 0.4) is 0 Å². The molecular weight excluding hydrogens is 388 g/mol. The molecule has 1 aromatic carbocycles. The van der Waals surface area contributed by atoms with Crippen LogP contribution in [0.5, 0.6) is 5.75 Å². The summed E-state index contributed by atoms with van der Waals surface area (Å²) in [6, 6.07) is 5.66. The quantitative estimate of drug-likeness (QED) is 0.526. The van der Waals surface area contributed by atoms with Gasteiger partial charge in [-0.3, -0.25) is 9.59 Å². The van der Waals surface area contributed by atoms with Crippen LogP contribution in [0.1, 0.15) is 43.6 Å². The first-order chi connectivity index (χ1) is 14.6. The number of aliphatic hydroxyl groups is 1. The fraction of sp³-hybridized carbons (Fsp3) is 0.636. The van der Waals surface area contributed by atoms with E-state index in [2.05, 4.69) is 10.6 Å². The molecule has 2 heterocycles. The average molecular weight is 418 g/mol. The zero-order chi connectivity index (χ0) is 21.1. The Morgan fingerprint density at radius 1 is 1.23 bits per heavy atom. The van der Waals surface area contributed by atoms with Crippen LogP contribution in [-0.4, -0.2) is 62.1 Å². The lowest BCUT2D eigenvalue weighted by Gasteiger charge is -2.37. The van der Waals surface area contributed by atoms with Crippen molar-refractivity contribution in [2.75, 3.05) is 32.2 Å². The Bertz CT molecular complexity index is 781. The van der Waals surface area contributed by atoms with Gasteiger partial charge >= 0.3 is 0 Å². The van der Waals surface area contributed by atoms with Gasteiger partial charge in [0.25, 0.3) is 0 Å². The summed E-state index contributed by atoms with van der Waals surface area (Å²) in [7, 11) is 1.59. The SMILES string of the molecule is COCCNC(=O)C[C@@H]1C[C@H]2c3cc(NC(=O)CC4CC4)ccc3O[C@H]2[C@@H](CO)O1. The standard InChI is InChI=1S/C22H30N2O6/c1-28-7-6-23-20(26)11-15-10-17-16-9-14(24-21(27)8-13-2-3-13)4-5-18(16)30-22(17)19(12-25)29-15/h4-5,9,13,15,17,19,22,25H,2-3,6-8,10-12H2,1H3,(H,23,26)(H,24,27)/t15-,17-,19+,22+/m0/s1. The molecule has 8 nitrogen and oxygen atoms in total. The van der Waals surface area contributed by atoms with Crippen molar-refractivity contribution < 1.29 is 28.9 Å². The first-order valence-corrected chi connectivity index (χ1v) is 10.7. The summed E-state index contributed by atoms with van der Waals surface area (Å²) < 4.78 is 17.0. The Kier molecular flexibility index (Phi) is 6.55. The molecule has 3 N–H and O–H groups in total. The van der Waals surface area contributed by atoms with Crippen LogP contribution in [0, 0.1) is 5.92 Å². The van der Waals surface area contributed by atoms with Gasteiger partial charge in [-0.05, 0) is 43.4 Å². The lowest BCUT2D eigenvalue weighted by molar-refractivity contribution is -0.142. The minimum absolute atomic E-state index is 0.00274. The number of carbonyl (C=O) groups is 2. The second kappa shape index (κ2) is 9.32. The van der Waals surface area contributed by atoms with Gasteiger partial charge in [0.1, 0.15) is 18.0 Å². The molecule has 3 aliphatic rings. The highest BCUT2D eigenvalue weighted by molar-refractivity contribution is 5.91. The van der Waals surface area contributed by atoms with Crippen LogP contribution in [0.2, 0.25) is 0 Å². The van der Waals surface area contributed by atoms with Crippen molar-refractivity contribution in [2.45, 2.75) is 56.3 Å². The van der Waals surface area contributed by atoms with Gasteiger partial charge in [-0.25, -0.2) is 0 Å². The maximum Gasteiger partial charge on any atom is 0.224 e. The maximum atomic E-state index is 12.2. The molecule has 30 heavy (non-hydrogen) atoms. The second-order valence-corrected chi connectivity index (χ2v) is 8.40. The number of hydrogen-bond acceptors (Lipinski definition) is 6. The number of benzene rings is 1. The Balaban J connectivity index is 1.43. The first-order valence-electron chi connectivity index (χ1n) is 10.7. The van der Waals surface area contributed by atoms with E-state index in [9.17, 15) is 14.7 Å². The van der Waals surface area contributed by atoms with Crippen molar-refractivity contribution >= 4 is 17.5 Å². The Hall–Kier alpha value is -2.16. The summed E-state index contributed by atoms with van der Waals surface area (Å²) in [5.41, 5.74) is 1.75. The number of aliphatic hydroxyl groups excluding tert-OH is 1. The minimum Gasteiger partial charge on any atom is -0.487 e. The Morgan fingerprint density at radius 2 is 2.07 bits per heavy atom. The minimum atomic E-state index is -0.499. The molecule has 1 saturated heterocycles. The topological polar surface area (TPSA) is 106 Å². The van der Waals surface area contributed by atoms with Crippen molar-refractivity contribution in [3.63, 3.8) is 0 Å². The van der Waals surface area contributed by atoms with Crippen LogP contribution < -0.4 is 15.4 Å². The van der Waals surface area contributed by atoms with Crippen molar-refractivity contribution in [2.24, 2.45) is 5.92 Å². The maximum absolute atomic E-state index is 12.2. The number of ether oxygens (including phenoxy) is 3. The highest BCUT2D eigenvalue weighted by atomic mass is 16.6. The summed E-state index contributed by atoms with van der Waals surface area (Å²) in [4.78, 5) is 24.4. The third-order valence-corrected chi connectivity index (χ3v) is 6.00. The van der Waals surface area contributed by atoms with Gasteiger partial charge in [-0.1, -0.05) is 0 Å². The smallest absolute Gasteiger partial charge is 0.224 e. The molecule has 4 rings (SSSR count). The summed E-state index contributed by atoms with van der Waals surface area (Å²) in [5.74, 6) is 1.22. The highest BCUT2D eigenvalue weighted by Gasteiger charge is 2.46. The number of rotatable bonds is 9. The number of methoxy groups -OCH3 is 1. The molecule has 1 saturated carbocycles. The van der Waals surface area contributed by atoms with E-state index in [0.717, 1.165) is 29.8 Å². The molecule has 0 radical (unpaired) electrons. The predicted octanol–water partition coefficient (Wildman–Crippen LogP) is 1.57. The van der Waals surface area contributed by atoms with Crippen LogP contribution in [0.15, 0.2) is 18.2 Å². The third kappa shape index (κ3) is 4.94. The summed E-state index contributed by atoms with van der Waals surface area (Å²) >= 11 is 0. The molecule has 0 bridgehead atoms. The van der Waals surface area contributed by atoms with E-state index in [4.69, 9.17) is 14.2 Å². The zero-order valence-corrected chi connectivity index (χ0v) is 17.3. The van der Waals surface area contributed by atoms with Crippen molar-refractivity contribution in [3.8, 4) is 5.75 Å². The van der Waals surface area contributed by atoms with Crippen molar-refractivity contribution in [1.29, 1.82) is 0 Å². The van der Waals surface area contributed by atoms with Crippen LogP contribution in [-0.2, 0) is 19.1 Å². The van der Waals surface area contributed by atoms with Crippen LogP contribution in [0.25, 0.3) is 0 Å². The van der Waals surface area contributed by atoms with Gasteiger partial charge in [0, 0.05) is 37.2 Å². The Labute approximate surface area is 176 Å². The number of fused-ring (bicyclic) bond motifs is 3. The van der Waals surface area contributed by atoms with Gasteiger partial charge in [0.15, 0.2) is 0 Å². The molecule has 2 aliphatic heterocycles. The van der Waals surface area contributed by atoms with Gasteiger partial charge in [-0.15, -0.1) is 0 Å². The lowest BCUT2D eigenvalue weighted by atomic mass is 9.84. The molecule has 4 atom stereocenters. The summed E-state index contributed by atoms with van der Waals surface area (Å²) in [6.07, 6.45) is 2.57. The molecular formula is C22H30N2O6. The second-order valence-electron chi connectivity index (χ2n) is 8.40. The molecule has 1 aromatic rings. The van der Waals surface area contributed by atoms with Gasteiger partial charge < -0.3 is 30.0 Å². The summed E-state index contributed by atoms with van der Waals surface area (Å²) in [5, 5.41) is 15.6. The van der Waals surface area contributed by atoms with E-state index < -0.39 is 6.10 Å². The van der Waals surface area contributed by atoms with Crippen LogP contribution in [0.4, 0.5) is 5.69 Å². The largest absolute Gasteiger partial charge is 0.487 e. The Morgan fingerprint density at radius 3 is 2.80 bits per heavy atom. The molecule has 2 fully saturated rings. The number of amides is 2. The highest BCUT2D eigenvalue weighted by Crippen LogP contribution is 2.47. The predicted molar refractivity (Wildman–Crippen MR) is 109 cm³/mol. The number of nitrogens with one attached hydrogen (secondary N) is 2. The molecule has 0 spiro atoms. The van der Waals surface area contributed by atoms with E-state index >= 15 is 0 Å². The molecule has 8 heteroatoms. The third-order valence-electron chi connectivity index (χ3n) is 6.00. The molecule has 0 aromatic heterocycles. The van der Waals surface area contributed by atoms with E-state index in [1.165, 1.54) is 0 Å².